The summed E-state index contributed by atoms with van der Waals surface area (Å²) in [7, 11) is 0. The molecule has 0 bridgehead atoms. The molecule has 0 saturated heterocycles. The molecular weight excluding hydrogens is 147 g/mol. The number of hydrogen-bond donors (Lipinski definition) is 0. The minimum absolute atomic E-state index is 0.458. The summed E-state index contributed by atoms with van der Waals surface area (Å²) in [4.78, 5) is 10.5. The number of alkyl halides is 1. The molecule has 0 saturated carbocycles. The Bertz CT molecular complexity index is 156. The van der Waals surface area contributed by atoms with Gasteiger partial charge in [0.05, 0.1) is 0 Å². The molecule has 0 atom stereocenters. The lowest BCUT2D eigenvalue weighted by Gasteiger charge is -2.33. The van der Waals surface area contributed by atoms with Gasteiger partial charge < -0.3 is 4.74 Å². The number of carbonyl (C=O) groups excluding carboxylic acids is 1. The zero-order valence-corrected chi connectivity index (χ0v) is 7.69. The largest absolute Gasteiger partial charge is 0.456 e. The highest BCUT2D eigenvalue weighted by atomic mass is 19.1. The van der Waals surface area contributed by atoms with Crippen molar-refractivity contribution in [1.29, 1.82) is 0 Å². The van der Waals surface area contributed by atoms with E-state index < -0.39 is 17.2 Å². The first-order valence-electron chi connectivity index (χ1n) is 3.55. The number of esters is 1. The van der Waals surface area contributed by atoms with Crippen LogP contribution in [0.4, 0.5) is 4.39 Å². The van der Waals surface area contributed by atoms with Crippen molar-refractivity contribution in [2.45, 2.75) is 45.9 Å². The highest BCUT2D eigenvalue weighted by Crippen LogP contribution is 2.28. The topological polar surface area (TPSA) is 26.3 Å². The van der Waals surface area contributed by atoms with Gasteiger partial charge in [-0.05, 0) is 27.7 Å². The molecule has 0 aliphatic rings. The maximum atomic E-state index is 13.2. The van der Waals surface area contributed by atoms with Crippen LogP contribution in [0.25, 0.3) is 0 Å². The van der Waals surface area contributed by atoms with Crippen molar-refractivity contribution in [3.63, 3.8) is 0 Å². The normalized spacial score (nSPS) is 12.9. The number of rotatable bonds is 2. The first-order chi connectivity index (χ1) is 4.67. The number of halogens is 1. The fourth-order valence-corrected chi connectivity index (χ4v) is 0.481. The van der Waals surface area contributed by atoms with Crippen LogP contribution in [0.3, 0.4) is 0 Å². The average molecular weight is 162 g/mol. The summed E-state index contributed by atoms with van der Waals surface area (Å²) in [6, 6.07) is 0. The van der Waals surface area contributed by atoms with Crippen molar-refractivity contribution in [3.8, 4) is 0 Å². The maximum Gasteiger partial charge on any atom is 0.303 e. The van der Waals surface area contributed by atoms with Gasteiger partial charge >= 0.3 is 5.97 Å². The molecule has 0 aromatic heterocycles. The summed E-state index contributed by atoms with van der Waals surface area (Å²) in [5.74, 6) is -0.458. The monoisotopic (exact) mass is 162 g/mol. The minimum Gasteiger partial charge on any atom is -0.456 e. The Balaban J connectivity index is 4.34. The second-order valence-corrected chi connectivity index (χ2v) is 3.58. The number of hydrogen-bond acceptors (Lipinski definition) is 2. The molecule has 0 radical (unpaired) electrons. The van der Waals surface area contributed by atoms with E-state index in [4.69, 9.17) is 4.74 Å². The average Bonchev–Trinajstić information content (AvgIpc) is 1.56. The summed E-state index contributed by atoms with van der Waals surface area (Å²) in [5, 5.41) is 0. The molecule has 66 valence electrons. The molecule has 0 amide bonds. The smallest absolute Gasteiger partial charge is 0.303 e. The van der Waals surface area contributed by atoms with Crippen molar-refractivity contribution in [2.24, 2.45) is 0 Å². The molecule has 0 aliphatic heterocycles. The van der Waals surface area contributed by atoms with Crippen LogP contribution in [0, 0.1) is 0 Å². The van der Waals surface area contributed by atoms with Gasteiger partial charge in [-0.25, -0.2) is 4.39 Å². The summed E-state index contributed by atoms with van der Waals surface area (Å²) >= 11 is 0. The van der Waals surface area contributed by atoms with Gasteiger partial charge in [0.2, 0.25) is 0 Å². The van der Waals surface area contributed by atoms with Crippen LogP contribution in [-0.2, 0) is 9.53 Å². The van der Waals surface area contributed by atoms with Gasteiger partial charge in [0.1, 0.15) is 11.3 Å². The Morgan fingerprint density at radius 1 is 1.27 bits per heavy atom. The van der Waals surface area contributed by atoms with Crippen molar-refractivity contribution in [1.82, 2.24) is 0 Å². The third-order valence-electron chi connectivity index (χ3n) is 1.83. The van der Waals surface area contributed by atoms with Gasteiger partial charge in [-0.3, -0.25) is 4.79 Å². The van der Waals surface area contributed by atoms with Crippen molar-refractivity contribution in [2.75, 3.05) is 0 Å². The standard InChI is InChI=1S/C8H15FO2/c1-6(10)11-8(4,5)7(2,3)9/h1-5H3. The lowest BCUT2D eigenvalue weighted by molar-refractivity contribution is -0.167. The van der Waals surface area contributed by atoms with E-state index in [0.717, 1.165) is 0 Å². The molecule has 0 spiro atoms. The van der Waals surface area contributed by atoms with E-state index in [2.05, 4.69) is 0 Å². The van der Waals surface area contributed by atoms with Crippen LogP contribution >= 0.6 is 0 Å². The lowest BCUT2D eigenvalue weighted by Crippen LogP contribution is -2.44. The highest BCUT2D eigenvalue weighted by Gasteiger charge is 2.40. The molecular formula is C8H15FO2. The van der Waals surface area contributed by atoms with Crippen LogP contribution in [0.15, 0.2) is 0 Å². The SMILES string of the molecule is CC(=O)OC(C)(C)C(C)(C)F. The molecule has 0 rings (SSSR count). The molecule has 0 aromatic rings. The second-order valence-electron chi connectivity index (χ2n) is 3.58. The lowest BCUT2D eigenvalue weighted by atomic mass is 9.91. The van der Waals surface area contributed by atoms with E-state index in [1.165, 1.54) is 20.8 Å². The van der Waals surface area contributed by atoms with E-state index >= 15 is 0 Å². The molecule has 0 unspecified atom stereocenters. The van der Waals surface area contributed by atoms with Gasteiger partial charge in [-0.2, -0.15) is 0 Å². The summed E-state index contributed by atoms with van der Waals surface area (Å²) < 4.78 is 18.0. The van der Waals surface area contributed by atoms with E-state index in [-0.39, 0.29) is 0 Å². The van der Waals surface area contributed by atoms with E-state index in [1.807, 2.05) is 0 Å². The van der Waals surface area contributed by atoms with Gasteiger partial charge in [0.15, 0.2) is 0 Å². The molecule has 0 aliphatic carbocycles. The quantitative estimate of drug-likeness (QED) is 0.581. The summed E-state index contributed by atoms with van der Waals surface area (Å²) in [5.41, 5.74) is -2.57. The first kappa shape index (κ1) is 10.4. The van der Waals surface area contributed by atoms with E-state index in [1.54, 1.807) is 13.8 Å². The van der Waals surface area contributed by atoms with Crippen LogP contribution in [0.5, 0.6) is 0 Å². The van der Waals surface area contributed by atoms with Gasteiger partial charge in [-0.1, -0.05) is 0 Å². The Labute approximate surface area is 66.7 Å². The molecule has 0 N–H and O–H groups in total. The molecule has 3 heteroatoms. The Morgan fingerprint density at radius 2 is 1.64 bits per heavy atom. The zero-order valence-electron chi connectivity index (χ0n) is 7.69. The molecule has 2 nitrogen and oxygen atoms in total. The molecule has 0 aromatic carbocycles. The van der Waals surface area contributed by atoms with Crippen molar-refractivity contribution in [3.05, 3.63) is 0 Å². The molecule has 0 fully saturated rings. The van der Waals surface area contributed by atoms with E-state index in [9.17, 15) is 9.18 Å². The van der Waals surface area contributed by atoms with Gasteiger partial charge in [0.25, 0.3) is 0 Å². The van der Waals surface area contributed by atoms with Gasteiger partial charge in [-0.15, -0.1) is 0 Å². The number of ether oxygens (including phenoxy) is 1. The number of carbonyl (C=O) groups is 1. The summed E-state index contributed by atoms with van der Waals surface area (Å²) in [6.07, 6.45) is 0. The minimum atomic E-state index is -1.52. The summed E-state index contributed by atoms with van der Waals surface area (Å²) in [6.45, 7) is 7.14. The maximum absolute atomic E-state index is 13.2. The predicted octanol–water partition coefficient (Wildman–Crippen LogP) is 2.08. The van der Waals surface area contributed by atoms with Crippen molar-refractivity contribution >= 4 is 5.97 Å². The van der Waals surface area contributed by atoms with Crippen LogP contribution in [-0.4, -0.2) is 17.2 Å². The first-order valence-corrected chi connectivity index (χ1v) is 3.55. The Hall–Kier alpha value is -0.600. The van der Waals surface area contributed by atoms with Crippen LogP contribution in [0.2, 0.25) is 0 Å². The molecule has 11 heavy (non-hydrogen) atoms. The Morgan fingerprint density at radius 3 is 1.73 bits per heavy atom. The highest BCUT2D eigenvalue weighted by molar-refractivity contribution is 5.66. The van der Waals surface area contributed by atoms with Crippen LogP contribution in [0.1, 0.15) is 34.6 Å². The van der Waals surface area contributed by atoms with E-state index in [0.29, 0.717) is 0 Å². The zero-order chi connectivity index (χ0) is 9.28. The third kappa shape index (κ3) is 2.87. The third-order valence-corrected chi connectivity index (χ3v) is 1.83. The predicted molar refractivity (Wildman–Crippen MR) is 41.0 cm³/mol. The second kappa shape index (κ2) is 2.80. The Kier molecular flexibility index (Phi) is 2.64. The van der Waals surface area contributed by atoms with Crippen LogP contribution < -0.4 is 0 Å². The fraction of sp³-hybridized carbons (Fsp3) is 0.875. The fourth-order valence-electron chi connectivity index (χ4n) is 0.481. The van der Waals surface area contributed by atoms with Gasteiger partial charge in [0, 0.05) is 6.92 Å². The van der Waals surface area contributed by atoms with Crippen molar-refractivity contribution < 1.29 is 13.9 Å². The molecule has 0 heterocycles.